The number of fused-ring (bicyclic) bond motifs is 1. The first-order valence-electron chi connectivity index (χ1n) is 8.64. The number of pyridine rings is 1. The first kappa shape index (κ1) is 15.4. The molecule has 0 aliphatic carbocycles. The first-order valence-corrected chi connectivity index (χ1v) is 8.64. The lowest BCUT2D eigenvalue weighted by Gasteiger charge is -2.32. The van der Waals surface area contributed by atoms with Crippen molar-refractivity contribution in [2.24, 2.45) is 0 Å². The van der Waals surface area contributed by atoms with Gasteiger partial charge < -0.3 is 15.5 Å². The van der Waals surface area contributed by atoms with Gasteiger partial charge >= 0.3 is 6.03 Å². The lowest BCUT2D eigenvalue weighted by atomic mass is 10.1. The van der Waals surface area contributed by atoms with Crippen LogP contribution in [-0.4, -0.2) is 66.1 Å². The Kier molecular flexibility index (Phi) is 4.32. The van der Waals surface area contributed by atoms with Gasteiger partial charge in [0.15, 0.2) is 0 Å². The van der Waals surface area contributed by atoms with E-state index in [1.54, 1.807) is 6.20 Å². The fourth-order valence-electron chi connectivity index (χ4n) is 3.64. The van der Waals surface area contributed by atoms with Gasteiger partial charge in [-0.2, -0.15) is 0 Å². The predicted molar refractivity (Wildman–Crippen MR) is 95.2 cm³/mol. The van der Waals surface area contributed by atoms with E-state index in [1.165, 1.54) is 0 Å². The summed E-state index contributed by atoms with van der Waals surface area (Å²) < 4.78 is 0. The zero-order valence-corrected chi connectivity index (χ0v) is 13.7. The van der Waals surface area contributed by atoms with Crippen molar-refractivity contribution in [2.75, 3.05) is 44.6 Å². The highest BCUT2D eigenvalue weighted by Crippen LogP contribution is 2.20. The molecule has 24 heavy (non-hydrogen) atoms. The molecule has 1 aromatic carbocycles. The molecule has 6 nitrogen and oxygen atoms in total. The molecule has 1 aromatic heterocycles. The highest BCUT2D eigenvalue weighted by molar-refractivity contribution is 5.93. The Morgan fingerprint density at radius 3 is 2.92 bits per heavy atom. The van der Waals surface area contributed by atoms with E-state index >= 15 is 0 Å². The third-order valence-electron chi connectivity index (χ3n) is 5.01. The molecule has 2 aromatic rings. The van der Waals surface area contributed by atoms with Crippen LogP contribution in [0.1, 0.15) is 6.42 Å². The quantitative estimate of drug-likeness (QED) is 0.883. The van der Waals surface area contributed by atoms with Crippen LogP contribution in [0.15, 0.2) is 36.7 Å². The highest BCUT2D eigenvalue weighted by Gasteiger charge is 2.30. The molecule has 2 aliphatic rings. The van der Waals surface area contributed by atoms with E-state index in [1.807, 2.05) is 35.4 Å². The Balaban J connectivity index is 1.38. The van der Waals surface area contributed by atoms with E-state index < -0.39 is 0 Å². The summed E-state index contributed by atoms with van der Waals surface area (Å²) in [6.45, 7) is 5.92. The second-order valence-corrected chi connectivity index (χ2v) is 6.54. The Labute approximate surface area is 141 Å². The topological polar surface area (TPSA) is 60.5 Å². The van der Waals surface area contributed by atoms with Crippen molar-refractivity contribution in [3.8, 4) is 0 Å². The van der Waals surface area contributed by atoms with Crippen molar-refractivity contribution in [1.82, 2.24) is 20.1 Å². The molecular weight excluding hydrogens is 302 g/mol. The normalized spacial score (nSPS) is 22.0. The number of anilines is 1. The molecule has 0 bridgehead atoms. The average molecular weight is 325 g/mol. The number of rotatable bonds is 2. The Hall–Kier alpha value is -2.18. The number of urea groups is 1. The Morgan fingerprint density at radius 2 is 2.04 bits per heavy atom. The summed E-state index contributed by atoms with van der Waals surface area (Å²) >= 11 is 0. The number of nitrogens with one attached hydrogen (secondary N) is 2. The summed E-state index contributed by atoms with van der Waals surface area (Å²) in [7, 11) is 0. The molecule has 0 spiro atoms. The SMILES string of the molecule is O=C(Nc1ccc2cnccc2c1)N1CC[C@H](N2CCNCC2)C1. The number of benzene rings is 1. The highest BCUT2D eigenvalue weighted by atomic mass is 16.2. The third kappa shape index (κ3) is 3.20. The predicted octanol–water partition coefficient (Wildman–Crippen LogP) is 1.75. The van der Waals surface area contributed by atoms with Crippen LogP contribution in [0, 0.1) is 0 Å². The minimum Gasteiger partial charge on any atom is -0.323 e. The van der Waals surface area contributed by atoms with Gasteiger partial charge in [-0.3, -0.25) is 9.88 Å². The lowest BCUT2D eigenvalue weighted by Crippen LogP contribution is -2.49. The maximum Gasteiger partial charge on any atom is 0.321 e. The molecule has 2 N–H and O–H groups in total. The van der Waals surface area contributed by atoms with E-state index in [9.17, 15) is 4.79 Å². The number of piperazine rings is 1. The molecular formula is C18H23N5O. The minimum absolute atomic E-state index is 0.000963. The van der Waals surface area contributed by atoms with Gasteiger partial charge in [-0.1, -0.05) is 6.07 Å². The lowest BCUT2D eigenvalue weighted by molar-refractivity contribution is 0.172. The molecule has 0 saturated carbocycles. The molecule has 0 radical (unpaired) electrons. The molecule has 2 aliphatic heterocycles. The first-order chi connectivity index (χ1) is 11.8. The smallest absolute Gasteiger partial charge is 0.321 e. The standard InChI is InChI=1S/C18H23N5O/c24-18(21-16-2-1-15-12-20-5-3-14(15)11-16)23-8-4-17(13-23)22-9-6-19-7-10-22/h1-3,5,11-12,17,19H,4,6-10,13H2,(H,21,24)/t17-/m0/s1. The zero-order valence-electron chi connectivity index (χ0n) is 13.7. The van der Waals surface area contributed by atoms with Crippen molar-refractivity contribution < 1.29 is 4.79 Å². The van der Waals surface area contributed by atoms with E-state index in [0.717, 1.165) is 62.1 Å². The van der Waals surface area contributed by atoms with Crippen LogP contribution in [-0.2, 0) is 0 Å². The van der Waals surface area contributed by atoms with Gasteiger partial charge in [0.05, 0.1) is 0 Å². The summed E-state index contributed by atoms with van der Waals surface area (Å²) in [5, 5.41) is 8.58. The number of nitrogens with zero attached hydrogens (tertiary/aromatic N) is 3. The van der Waals surface area contributed by atoms with Crippen LogP contribution in [0.4, 0.5) is 10.5 Å². The summed E-state index contributed by atoms with van der Waals surface area (Å²) in [4.78, 5) is 21.1. The van der Waals surface area contributed by atoms with Gasteiger partial charge in [-0.25, -0.2) is 4.79 Å². The molecule has 1 atom stereocenters. The molecule has 2 fully saturated rings. The second-order valence-electron chi connectivity index (χ2n) is 6.54. The minimum atomic E-state index is 0.000963. The summed E-state index contributed by atoms with van der Waals surface area (Å²) in [5.74, 6) is 0. The Morgan fingerprint density at radius 1 is 1.17 bits per heavy atom. The largest absolute Gasteiger partial charge is 0.323 e. The van der Waals surface area contributed by atoms with Crippen LogP contribution in [0.2, 0.25) is 0 Å². The van der Waals surface area contributed by atoms with Crippen molar-refractivity contribution in [2.45, 2.75) is 12.5 Å². The summed E-state index contributed by atoms with van der Waals surface area (Å²) in [6, 6.07) is 8.39. The van der Waals surface area contributed by atoms with Crippen LogP contribution in [0.5, 0.6) is 0 Å². The number of carbonyl (C=O) groups excluding carboxylic acids is 1. The zero-order chi connectivity index (χ0) is 16.4. The van der Waals surface area contributed by atoms with Gasteiger partial charge in [0.1, 0.15) is 0 Å². The molecule has 2 amide bonds. The van der Waals surface area contributed by atoms with Crippen molar-refractivity contribution in [3.63, 3.8) is 0 Å². The molecule has 6 heteroatoms. The van der Waals surface area contributed by atoms with Crippen LogP contribution in [0.3, 0.4) is 0 Å². The molecule has 126 valence electrons. The average Bonchev–Trinajstić information content (AvgIpc) is 3.13. The summed E-state index contributed by atoms with van der Waals surface area (Å²) in [6.07, 6.45) is 4.67. The van der Waals surface area contributed by atoms with Gasteiger partial charge in [-0.15, -0.1) is 0 Å². The van der Waals surface area contributed by atoms with E-state index in [-0.39, 0.29) is 6.03 Å². The molecule has 2 saturated heterocycles. The van der Waals surface area contributed by atoms with Crippen molar-refractivity contribution >= 4 is 22.5 Å². The van der Waals surface area contributed by atoms with Crippen LogP contribution >= 0.6 is 0 Å². The third-order valence-corrected chi connectivity index (χ3v) is 5.01. The van der Waals surface area contributed by atoms with E-state index in [0.29, 0.717) is 6.04 Å². The number of hydrogen-bond acceptors (Lipinski definition) is 4. The maximum absolute atomic E-state index is 12.6. The number of aromatic nitrogens is 1. The molecule has 0 unspecified atom stereocenters. The van der Waals surface area contributed by atoms with Gasteiger partial charge in [0.2, 0.25) is 0 Å². The van der Waals surface area contributed by atoms with Crippen molar-refractivity contribution in [1.29, 1.82) is 0 Å². The Bertz CT molecular complexity index is 728. The van der Waals surface area contributed by atoms with Gasteiger partial charge in [0, 0.05) is 68.8 Å². The monoisotopic (exact) mass is 325 g/mol. The van der Waals surface area contributed by atoms with E-state index in [2.05, 4.69) is 20.5 Å². The second kappa shape index (κ2) is 6.75. The van der Waals surface area contributed by atoms with Crippen LogP contribution < -0.4 is 10.6 Å². The van der Waals surface area contributed by atoms with Gasteiger partial charge in [-0.05, 0) is 30.0 Å². The fourth-order valence-corrected chi connectivity index (χ4v) is 3.64. The fraction of sp³-hybridized carbons (Fsp3) is 0.444. The van der Waals surface area contributed by atoms with Gasteiger partial charge in [0.25, 0.3) is 0 Å². The molecule has 4 rings (SSSR count). The number of likely N-dealkylation sites (tertiary alicyclic amines) is 1. The number of amides is 2. The summed E-state index contributed by atoms with van der Waals surface area (Å²) in [5.41, 5.74) is 0.837. The molecule has 3 heterocycles. The van der Waals surface area contributed by atoms with E-state index in [4.69, 9.17) is 0 Å². The number of hydrogen-bond donors (Lipinski definition) is 2. The maximum atomic E-state index is 12.6. The van der Waals surface area contributed by atoms with Crippen LogP contribution in [0.25, 0.3) is 10.8 Å². The van der Waals surface area contributed by atoms with Crippen molar-refractivity contribution in [3.05, 3.63) is 36.7 Å². The number of carbonyl (C=O) groups is 1.